The minimum absolute atomic E-state index is 0.150. The fourth-order valence-electron chi connectivity index (χ4n) is 1.95. The van der Waals surface area contributed by atoms with Gasteiger partial charge in [0.25, 0.3) is 0 Å². The van der Waals surface area contributed by atoms with E-state index in [-0.39, 0.29) is 5.91 Å². The summed E-state index contributed by atoms with van der Waals surface area (Å²) in [6.07, 6.45) is 5.39. The van der Waals surface area contributed by atoms with Crippen LogP contribution < -0.4 is 16.0 Å². The van der Waals surface area contributed by atoms with Gasteiger partial charge in [-0.1, -0.05) is 0 Å². The highest BCUT2D eigenvalue weighted by molar-refractivity contribution is 5.79. The summed E-state index contributed by atoms with van der Waals surface area (Å²) in [6, 6.07) is 2.40. The SMILES string of the molecule is CN=C(NCCCC(=O)NC1CC1)NCc1ccnn1C. The molecule has 1 heterocycles. The molecule has 1 saturated carbocycles. The largest absolute Gasteiger partial charge is 0.356 e. The van der Waals surface area contributed by atoms with Crippen LogP contribution in [-0.2, 0) is 18.4 Å². The van der Waals surface area contributed by atoms with Crippen LogP contribution in [0.2, 0.25) is 0 Å². The third-order valence-corrected chi connectivity index (χ3v) is 3.40. The molecule has 0 saturated heterocycles. The zero-order chi connectivity index (χ0) is 15.1. The predicted octanol–water partition coefficient (Wildman–Crippen LogP) is 0.144. The van der Waals surface area contributed by atoms with Crippen molar-refractivity contribution in [3.8, 4) is 0 Å². The number of guanidine groups is 1. The summed E-state index contributed by atoms with van der Waals surface area (Å²) in [5.74, 6) is 0.885. The minimum atomic E-state index is 0.150. The van der Waals surface area contributed by atoms with Crippen molar-refractivity contribution in [2.24, 2.45) is 12.0 Å². The lowest BCUT2D eigenvalue weighted by molar-refractivity contribution is -0.121. The van der Waals surface area contributed by atoms with E-state index in [4.69, 9.17) is 0 Å². The van der Waals surface area contributed by atoms with Crippen LogP contribution in [0.25, 0.3) is 0 Å². The van der Waals surface area contributed by atoms with Crippen molar-refractivity contribution in [2.45, 2.75) is 38.3 Å². The number of carbonyl (C=O) groups excluding carboxylic acids is 1. The molecule has 21 heavy (non-hydrogen) atoms. The van der Waals surface area contributed by atoms with Crippen molar-refractivity contribution in [3.63, 3.8) is 0 Å². The maximum absolute atomic E-state index is 11.5. The van der Waals surface area contributed by atoms with Gasteiger partial charge in [-0.25, -0.2) is 0 Å². The van der Waals surface area contributed by atoms with Crippen molar-refractivity contribution in [3.05, 3.63) is 18.0 Å². The summed E-state index contributed by atoms with van der Waals surface area (Å²) in [7, 11) is 3.64. The zero-order valence-electron chi connectivity index (χ0n) is 12.7. The topological polar surface area (TPSA) is 83.3 Å². The van der Waals surface area contributed by atoms with E-state index in [1.807, 2.05) is 17.8 Å². The third-order valence-electron chi connectivity index (χ3n) is 3.40. The first-order valence-electron chi connectivity index (χ1n) is 7.40. The van der Waals surface area contributed by atoms with Gasteiger partial charge >= 0.3 is 0 Å². The monoisotopic (exact) mass is 292 g/mol. The van der Waals surface area contributed by atoms with E-state index < -0.39 is 0 Å². The Morgan fingerprint density at radius 3 is 2.90 bits per heavy atom. The van der Waals surface area contributed by atoms with Crippen molar-refractivity contribution < 1.29 is 4.79 Å². The first kappa shape index (κ1) is 15.3. The molecule has 2 rings (SSSR count). The Morgan fingerprint density at radius 2 is 2.29 bits per heavy atom. The van der Waals surface area contributed by atoms with Gasteiger partial charge < -0.3 is 16.0 Å². The van der Waals surface area contributed by atoms with Crippen molar-refractivity contribution in [1.29, 1.82) is 0 Å². The molecule has 7 heteroatoms. The Labute approximate surface area is 125 Å². The molecule has 1 amide bonds. The second-order valence-electron chi connectivity index (χ2n) is 5.24. The Balaban J connectivity index is 1.59. The highest BCUT2D eigenvalue weighted by Gasteiger charge is 2.22. The number of hydrogen-bond donors (Lipinski definition) is 3. The summed E-state index contributed by atoms with van der Waals surface area (Å²) >= 11 is 0. The first-order chi connectivity index (χ1) is 10.2. The van der Waals surface area contributed by atoms with E-state index in [9.17, 15) is 4.79 Å². The molecule has 0 bridgehead atoms. The van der Waals surface area contributed by atoms with Crippen LogP contribution >= 0.6 is 0 Å². The summed E-state index contributed by atoms with van der Waals surface area (Å²) in [5.41, 5.74) is 1.08. The zero-order valence-corrected chi connectivity index (χ0v) is 12.7. The summed E-state index contributed by atoms with van der Waals surface area (Å²) in [6.45, 7) is 1.39. The molecule has 116 valence electrons. The summed E-state index contributed by atoms with van der Waals surface area (Å²) in [5, 5.41) is 13.5. The molecule has 0 spiro atoms. The van der Waals surface area contributed by atoms with Crippen LogP contribution in [0, 0.1) is 0 Å². The molecular formula is C14H24N6O. The molecule has 0 aromatic carbocycles. The van der Waals surface area contributed by atoms with Crippen molar-refractivity contribution >= 4 is 11.9 Å². The molecule has 0 radical (unpaired) electrons. The van der Waals surface area contributed by atoms with Crippen LogP contribution in [0.15, 0.2) is 17.3 Å². The predicted molar refractivity (Wildman–Crippen MR) is 81.8 cm³/mol. The second kappa shape index (κ2) is 7.66. The molecule has 0 aliphatic heterocycles. The van der Waals surface area contributed by atoms with Gasteiger partial charge in [0.1, 0.15) is 0 Å². The Morgan fingerprint density at radius 1 is 1.48 bits per heavy atom. The van der Waals surface area contributed by atoms with Crippen LogP contribution in [0.4, 0.5) is 0 Å². The van der Waals surface area contributed by atoms with Gasteiger partial charge in [-0.2, -0.15) is 5.10 Å². The normalized spacial score (nSPS) is 14.9. The molecule has 1 fully saturated rings. The van der Waals surface area contributed by atoms with Gasteiger partial charge in [0, 0.05) is 39.3 Å². The number of aryl methyl sites for hydroxylation is 1. The average molecular weight is 292 g/mol. The van der Waals surface area contributed by atoms with Gasteiger partial charge in [-0.05, 0) is 25.3 Å². The van der Waals surface area contributed by atoms with Gasteiger partial charge in [-0.15, -0.1) is 0 Å². The van der Waals surface area contributed by atoms with Gasteiger partial charge in [-0.3, -0.25) is 14.5 Å². The van der Waals surface area contributed by atoms with E-state index in [0.717, 1.165) is 37.5 Å². The molecule has 1 aliphatic rings. The third kappa shape index (κ3) is 5.45. The lowest BCUT2D eigenvalue weighted by atomic mass is 10.3. The summed E-state index contributed by atoms with van der Waals surface area (Å²) < 4.78 is 1.82. The van der Waals surface area contributed by atoms with Crippen LogP contribution in [0.3, 0.4) is 0 Å². The number of hydrogen-bond acceptors (Lipinski definition) is 3. The van der Waals surface area contributed by atoms with E-state index in [1.54, 1.807) is 13.2 Å². The van der Waals surface area contributed by atoms with E-state index in [1.165, 1.54) is 0 Å². The molecule has 1 aliphatic carbocycles. The minimum Gasteiger partial charge on any atom is -0.356 e. The second-order valence-corrected chi connectivity index (χ2v) is 5.24. The van der Waals surface area contributed by atoms with E-state index >= 15 is 0 Å². The van der Waals surface area contributed by atoms with Gasteiger partial charge in [0.05, 0.1) is 12.2 Å². The molecular weight excluding hydrogens is 268 g/mol. The number of nitrogens with one attached hydrogen (secondary N) is 3. The quantitative estimate of drug-likeness (QED) is 0.379. The fourth-order valence-corrected chi connectivity index (χ4v) is 1.95. The van der Waals surface area contributed by atoms with Gasteiger partial charge in [0.2, 0.25) is 5.91 Å². The first-order valence-corrected chi connectivity index (χ1v) is 7.40. The number of aromatic nitrogens is 2. The Hall–Kier alpha value is -2.05. The van der Waals surface area contributed by atoms with E-state index in [2.05, 4.69) is 26.0 Å². The lowest BCUT2D eigenvalue weighted by Gasteiger charge is -2.12. The lowest BCUT2D eigenvalue weighted by Crippen LogP contribution is -2.38. The van der Waals surface area contributed by atoms with Crippen LogP contribution in [-0.4, -0.2) is 41.3 Å². The highest BCUT2D eigenvalue weighted by Crippen LogP contribution is 2.18. The highest BCUT2D eigenvalue weighted by atomic mass is 16.1. The fraction of sp³-hybridized carbons (Fsp3) is 0.643. The standard InChI is InChI=1S/C14H24N6O/c1-15-14(17-10-12-7-9-18-20(12)2)16-8-3-4-13(21)19-11-5-6-11/h7,9,11H,3-6,8,10H2,1-2H3,(H,19,21)(H2,15,16,17). The number of nitrogens with zero attached hydrogens (tertiary/aromatic N) is 3. The maximum atomic E-state index is 11.5. The summed E-state index contributed by atoms with van der Waals surface area (Å²) in [4.78, 5) is 15.7. The Bertz CT molecular complexity index is 491. The number of aliphatic imine (C=N–C) groups is 1. The smallest absolute Gasteiger partial charge is 0.220 e. The Kier molecular flexibility index (Phi) is 5.59. The molecule has 7 nitrogen and oxygen atoms in total. The molecule has 3 N–H and O–H groups in total. The number of amides is 1. The molecule has 1 aromatic heterocycles. The van der Waals surface area contributed by atoms with Crippen molar-refractivity contribution in [1.82, 2.24) is 25.7 Å². The molecule has 0 atom stereocenters. The van der Waals surface area contributed by atoms with Crippen LogP contribution in [0.1, 0.15) is 31.4 Å². The van der Waals surface area contributed by atoms with Gasteiger partial charge in [0.15, 0.2) is 5.96 Å². The van der Waals surface area contributed by atoms with Crippen molar-refractivity contribution in [2.75, 3.05) is 13.6 Å². The molecule has 1 aromatic rings. The van der Waals surface area contributed by atoms with E-state index in [0.29, 0.717) is 19.0 Å². The number of carbonyl (C=O) groups is 1. The average Bonchev–Trinajstić information content (AvgIpc) is 3.19. The van der Waals surface area contributed by atoms with Crippen LogP contribution in [0.5, 0.6) is 0 Å². The number of rotatable bonds is 7. The maximum Gasteiger partial charge on any atom is 0.220 e. The molecule has 0 unspecified atom stereocenters.